The maximum absolute atomic E-state index is 12.2. The molecule has 3 rings (SSSR count). The lowest BCUT2D eigenvalue weighted by molar-refractivity contribution is -0.139. The molecule has 1 aromatic carbocycles. The minimum Gasteiger partial charge on any atom is -0.482 e. The number of aliphatic carboxylic acids is 1. The van der Waals surface area contributed by atoms with Gasteiger partial charge in [-0.1, -0.05) is 19.1 Å². The summed E-state index contributed by atoms with van der Waals surface area (Å²) < 4.78 is 5.40. The lowest BCUT2D eigenvalue weighted by Gasteiger charge is -2.42. The summed E-state index contributed by atoms with van der Waals surface area (Å²) in [6, 6.07) is 7.56. The van der Waals surface area contributed by atoms with Crippen LogP contribution in [0.15, 0.2) is 24.3 Å². The van der Waals surface area contributed by atoms with E-state index in [1.165, 1.54) is 0 Å². The Labute approximate surface area is 158 Å². The first-order chi connectivity index (χ1) is 13.0. The van der Waals surface area contributed by atoms with Crippen LogP contribution in [-0.4, -0.2) is 66.1 Å². The second kappa shape index (κ2) is 8.39. The fourth-order valence-electron chi connectivity index (χ4n) is 3.59. The summed E-state index contributed by atoms with van der Waals surface area (Å²) in [4.78, 5) is 38.7. The number of hydrogen-bond donors (Lipinski definition) is 2. The van der Waals surface area contributed by atoms with Gasteiger partial charge in [-0.2, -0.15) is 0 Å². The van der Waals surface area contributed by atoms with E-state index < -0.39 is 5.97 Å². The molecule has 8 heteroatoms. The number of benzene rings is 1. The average Bonchev–Trinajstić information content (AvgIpc) is 2.61. The number of carbonyl (C=O) groups excluding carboxylic acids is 2. The van der Waals surface area contributed by atoms with E-state index in [-0.39, 0.29) is 43.5 Å². The van der Waals surface area contributed by atoms with Crippen molar-refractivity contribution in [1.29, 1.82) is 0 Å². The summed E-state index contributed by atoms with van der Waals surface area (Å²) >= 11 is 0. The molecule has 1 heterocycles. The molecule has 8 nitrogen and oxygen atoms in total. The fourth-order valence-corrected chi connectivity index (χ4v) is 3.59. The summed E-state index contributed by atoms with van der Waals surface area (Å²) in [5.74, 6) is -0.439. The number of likely N-dealkylation sites (N-methyl/N-ethyl adjacent to an activating group) is 1. The number of carboxylic acids is 1. The molecule has 0 bridgehead atoms. The van der Waals surface area contributed by atoms with Gasteiger partial charge in [0.05, 0.1) is 12.2 Å². The molecular formula is C19H25N3O5. The van der Waals surface area contributed by atoms with Crippen molar-refractivity contribution in [2.75, 3.05) is 31.1 Å². The number of hydrogen-bond acceptors (Lipinski definition) is 5. The van der Waals surface area contributed by atoms with Gasteiger partial charge in [0.25, 0.3) is 5.91 Å². The number of anilines is 1. The monoisotopic (exact) mass is 375 g/mol. The highest BCUT2D eigenvalue weighted by Gasteiger charge is 2.34. The van der Waals surface area contributed by atoms with Crippen LogP contribution in [0.1, 0.15) is 26.2 Å². The average molecular weight is 375 g/mol. The number of para-hydroxylation sites is 2. The lowest BCUT2D eigenvalue weighted by Crippen LogP contribution is -2.55. The molecule has 2 amide bonds. The van der Waals surface area contributed by atoms with Crippen LogP contribution in [0, 0.1) is 0 Å². The largest absolute Gasteiger partial charge is 0.482 e. The number of carboxylic acid groups (broad SMARTS) is 1. The zero-order valence-electron chi connectivity index (χ0n) is 15.4. The van der Waals surface area contributed by atoms with Gasteiger partial charge in [0.1, 0.15) is 5.75 Å². The number of nitrogens with zero attached hydrogens (tertiary/aromatic N) is 2. The first-order valence-electron chi connectivity index (χ1n) is 9.25. The van der Waals surface area contributed by atoms with Crippen molar-refractivity contribution in [2.45, 2.75) is 38.3 Å². The molecule has 1 aromatic rings. The van der Waals surface area contributed by atoms with E-state index in [0.29, 0.717) is 24.5 Å². The van der Waals surface area contributed by atoms with Crippen LogP contribution in [-0.2, 0) is 14.4 Å². The molecule has 1 aliphatic heterocycles. The Kier molecular flexibility index (Phi) is 5.95. The van der Waals surface area contributed by atoms with Crippen molar-refractivity contribution in [3.63, 3.8) is 0 Å². The molecule has 0 unspecified atom stereocenters. The molecule has 1 aliphatic carbocycles. The summed E-state index contributed by atoms with van der Waals surface area (Å²) in [7, 11) is 0. The van der Waals surface area contributed by atoms with Gasteiger partial charge in [0.2, 0.25) is 5.91 Å². The second-order valence-corrected chi connectivity index (χ2v) is 6.90. The predicted molar refractivity (Wildman–Crippen MR) is 98.7 cm³/mol. The number of fused-ring (bicyclic) bond motifs is 1. The standard InChI is InChI=1S/C19H25N3O5/c1-2-21(11-19(25)26)14-9-13(10-14)20-17(23)7-8-22-15-5-3-4-6-16(15)27-12-18(22)24/h3-6,13-14H,2,7-12H2,1H3,(H,20,23)(H,25,26). The maximum Gasteiger partial charge on any atom is 0.317 e. The Bertz CT molecular complexity index is 717. The first kappa shape index (κ1) is 19.2. The van der Waals surface area contributed by atoms with Crippen molar-refractivity contribution in [1.82, 2.24) is 10.2 Å². The van der Waals surface area contributed by atoms with Crippen LogP contribution in [0.4, 0.5) is 5.69 Å². The Hall–Kier alpha value is -2.61. The molecule has 27 heavy (non-hydrogen) atoms. The summed E-state index contributed by atoms with van der Waals surface area (Å²) in [5, 5.41) is 11.9. The van der Waals surface area contributed by atoms with Gasteiger partial charge < -0.3 is 20.1 Å². The highest BCUT2D eigenvalue weighted by atomic mass is 16.5. The minimum atomic E-state index is -0.834. The van der Waals surface area contributed by atoms with E-state index in [9.17, 15) is 14.4 Å². The summed E-state index contributed by atoms with van der Waals surface area (Å²) in [5.41, 5.74) is 0.692. The zero-order valence-corrected chi connectivity index (χ0v) is 15.4. The van der Waals surface area contributed by atoms with Crippen LogP contribution >= 0.6 is 0 Å². The van der Waals surface area contributed by atoms with Gasteiger partial charge >= 0.3 is 5.97 Å². The normalized spacial score (nSPS) is 21.3. The van der Waals surface area contributed by atoms with E-state index in [0.717, 1.165) is 12.8 Å². The molecule has 0 aromatic heterocycles. The van der Waals surface area contributed by atoms with E-state index >= 15 is 0 Å². The van der Waals surface area contributed by atoms with E-state index in [2.05, 4.69) is 5.32 Å². The third kappa shape index (κ3) is 4.57. The molecule has 1 fully saturated rings. The predicted octanol–water partition coefficient (Wildman–Crippen LogP) is 0.856. The highest BCUT2D eigenvalue weighted by molar-refractivity contribution is 5.98. The number of amides is 2. The maximum atomic E-state index is 12.2. The number of carbonyl (C=O) groups is 3. The third-order valence-corrected chi connectivity index (χ3v) is 5.11. The van der Waals surface area contributed by atoms with Crippen molar-refractivity contribution in [2.24, 2.45) is 0 Å². The van der Waals surface area contributed by atoms with Crippen molar-refractivity contribution in [3.8, 4) is 5.75 Å². The molecule has 0 radical (unpaired) electrons. The molecule has 0 spiro atoms. The van der Waals surface area contributed by atoms with Gasteiger partial charge in [0, 0.05) is 25.0 Å². The fraction of sp³-hybridized carbons (Fsp3) is 0.526. The molecule has 2 aliphatic rings. The molecule has 0 atom stereocenters. The van der Waals surface area contributed by atoms with Crippen molar-refractivity contribution < 1.29 is 24.2 Å². The van der Waals surface area contributed by atoms with Crippen LogP contribution in [0.3, 0.4) is 0 Å². The highest BCUT2D eigenvalue weighted by Crippen LogP contribution is 2.31. The van der Waals surface area contributed by atoms with Crippen molar-refractivity contribution in [3.05, 3.63) is 24.3 Å². The summed E-state index contributed by atoms with van der Waals surface area (Å²) in [6.07, 6.45) is 1.73. The van der Waals surface area contributed by atoms with Gasteiger partial charge in [-0.3, -0.25) is 19.3 Å². The Morgan fingerprint density at radius 3 is 2.78 bits per heavy atom. The van der Waals surface area contributed by atoms with E-state index in [4.69, 9.17) is 9.84 Å². The summed E-state index contributed by atoms with van der Waals surface area (Å²) in [6.45, 7) is 2.93. The zero-order chi connectivity index (χ0) is 19.4. The Morgan fingerprint density at radius 2 is 2.07 bits per heavy atom. The molecular weight excluding hydrogens is 350 g/mol. The van der Waals surface area contributed by atoms with Crippen LogP contribution in [0.25, 0.3) is 0 Å². The topological polar surface area (TPSA) is 99.2 Å². The van der Waals surface area contributed by atoms with E-state index in [1.807, 2.05) is 30.0 Å². The Balaban J connectivity index is 1.45. The van der Waals surface area contributed by atoms with E-state index in [1.54, 1.807) is 11.0 Å². The van der Waals surface area contributed by atoms with Crippen LogP contribution in [0.2, 0.25) is 0 Å². The smallest absolute Gasteiger partial charge is 0.317 e. The first-order valence-corrected chi connectivity index (χ1v) is 9.25. The Morgan fingerprint density at radius 1 is 1.33 bits per heavy atom. The molecule has 146 valence electrons. The van der Waals surface area contributed by atoms with Crippen molar-refractivity contribution >= 4 is 23.5 Å². The van der Waals surface area contributed by atoms with Gasteiger partial charge in [-0.15, -0.1) is 0 Å². The molecule has 2 N–H and O–H groups in total. The van der Waals surface area contributed by atoms with Crippen LogP contribution < -0.4 is 15.0 Å². The number of rotatable bonds is 8. The minimum absolute atomic E-state index is 0.0145. The van der Waals surface area contributed by atoms with Gasteiger partial charge in [0.15, 0.2) is 6.61 Å². The number of nitrogens with one attached hydrogen (secondary N) is 1. The quantitative estimate of drug-likeness (QED) is 0.699. The SMILES string of the molecule is CCN(CC(=O)O)C1CC(NC(=O)CCN2C(=O)COc3ccccc32)C1. The van der Waals surface area contributed by atoms with Gasteiger partial charge in [-0.05, 0) is 31.5 Å². The second-order valence-electron chi connectivity index (χ2n) is 6.90. The molecule has 0 saturated heterocycles. The van der Waals surface area contributed by atoms with Crippen LogP contribution in [0.5, 0.6) is 5.75 Å². The van der Waals surface area contributed by atoms with Gasteiger partial charge in [-0.25, -0.2) is 0 Å². The number of ether oxygens (including phenoxy) is 1. The lowest BCUT2D eigenvalue weighted by atomic mass is 9.85. The molecule has 1 saturated carbocycles. The third-order valence-electron chi connectivity index (χ3n) is 5.11.